The molecular weight excluding hydrogens is 262 g/mol. The molecule has 3 fully saturated rings. The molecule has 0 aromatic carbocycles. The predicted molar refractivity (Wildman–Crippen MR) is 84.1 cm³/mol. The lowest BCUT2D eigenvalue weighted by atomic mass is 9.70. The zero-order valence-corrected chi connectivity index (χ0v) is 13.6. The molecule has 1 aliphatic heterocycles. The van der Waals surface area contributed by atoms with Crippen molar-refractivity contribution in [3.05, 3.63) is 0 Å². The van der Waals surface area contributed by atoms with Gasteiger partial charge in [-0.25, -0.2) is 0 Å². The Balaban J connectivity index is 1.73. The monoisotopic (exact) mass is 293 g/mol. The van der Waals surface area contributed by atoms with Crippen molar-refractivity contribution in [1.29, 1.82) is 0 Å². The molecule has 0 aromatic heterocycles. The molecule has 0 radical (unpaired) electrons. The summed E-state index contributed by atoms with van der Waals surface area (Å²) in [6.45, 7) is 4.81. The Hall–Kier alpha value is -0.570. The first-order chi connectivity index (χ1) is 10.2. The maximum atomic E-state index is 12.2. The highest BCUT2D eigenvalue weighted by molar-refractivity contribution is 5.71. The van der Waals surface area contributed by atoms with Crippen molar-refractivity contribution in [3.8, 4) is 0 Å². The van der Waals surface area contributed by atoms with Crippen LogP contribution < -0.4 is 0 Å². The van der Waals surface area contributed by atoms with Crippen molar-refractivity contribution in [3.63, 3.8) is 0 Å². The highest BCUT2D eigenvalue weighted by Gasteiger charge is 2.46. The van der Waals surface area contributed by atoms with Gasteiger partial charge in [0, 0.05) is 5.54 Å². The van der Waals surface area contributed by atoms with Crippen LogP contribution in [-0.4, -0.2) is 36.1 Å². The first kappa shape index (κ1) is 15.3. The minimum atomic E-state index is 0.0273. The number of nitrogens with zero attached hydrogens (tertiary/aromatic N) is 1. The van der Waals surface area contributed by atoms with E-state index in [1.807, 2.05) is 6.92 Å². The summed E-state index contributed by atoms with van der Waals surface area (Å²) in [7, 11) is 0. The van der Waals surface area contributed by atoms with Crippen LogP contribution in [0.2, 0.25) is 0 Å². The van der Waals surface area contributed by atoms with Gasteiger partial charge in [-0.2, -0.15) is 0 Å². The molecule has 3 heteroatoms. The highest BCUT2D eigenvalue weighted by atomic mass is 16.5. The van der Waals surface area contributed by atoms with Crippen LogP contribution in [0.15, 0.2) is 0 Å². The fraction of sp³-hybridized carbons (Fsp3) is 0.944. The number of esters is 1. The van der Waals surface area contributed by atoms with Gasteiger partial charge in [0.05, 0.1) is 13.0 Å². The molecule has 0 bridgehead atoms. The number of likely N-dealkylation sites (tertiary alicyclic amines) is 1. The fourth-order valence-electron chi connectivity index (χ4n) is 4.76. The average Bonchev–Trinajstić information content (AvgIpc) is 3.33. The number of carbonyl (C=O) groups is 1. The van der Waals surface area contributed by atoms with E-state index in [0.717, 1.165) is 11.8 Å². The second kappa shape index (κ2) is 6.68. The third-order valence-corrected chi connectivity index (χ3v) is 5.95. The summed E-state index contributed by atoms with van der Waals surface area (Å²) in [6.07, 6.45) is 12.6. The summed E-state index contributed by atoms with van der Waals surface area (Å²) < 4.78 is 5.31. The summed E-state index contributed by atoms with van der Waals surface area (Å²) >= 11 is 0. The number of ether oxygens (including phenoxy) is 1. The Bertz CT molecular complexity index is 360. The number of piperidine rings is 1. The Morgan fingerprint density at radius 2 is 1.86 bits per heavy atom. The van der Waals surface area contributed by atoms with Gasteiger partial charge in [-0.3, -0.25) is 9.69 Å². The normalized spacial score (nSPS) is 34.6. The van der Waals surface area contributed by atoms with E-state index in [1.54, 1.807) is 0 Å². The van der Waals surface area contributed by atoms with Crippen LogP contribution in [0.25, 0.3) is 0 Å². The molecule has 3 rings (SSSR count). The molecule has 2 aliphatic carbocycles. The first-order valence-corrected chi connectivity index (χ1v) is 9.14. The Kier molecular flexibility index (Phi) is 4.88. The van der Waals surface area contributed by atoms with E-state index < -0.39 is 0 Å². The summed E-state index contributed by atoms with van der Waals surface area (Å²) in [5.74, 6) is 1.87. The van der Waals surface area contributed by atoms with Crippen LogP contribution in [0.1, 0.15) is 71.1 Å². The molecule has 3 aliphatic rings. The third-order valence-electron chi connectivity index (χ3n) is 5.95. The average molecular weight is 293 g/mol. The van der Waals surface area contributed by atoms with Crippen LogP contribution >= 0.6 is 0 Å². The van der Waals surface area contributed by atoms with Crippen LogP contribution in [0.3, 0.4) is 0 Å². The quantitative estimate of drug-likeness (QED) is 0.723. The zero-order chi connectivity index (χ0) is 14.7. The number of hydrogen-bond acceptors (Lipinski definition) is 3. The van der Waals surface area contributed by atoms with Crippen molar-refractivity contribution < 1.29 is 9.53 Å². The maximum Gasteiger partial charge on any atom is 0.307 e. The Morgan fingerprint density at radius 1 is 1.10 bits per heavy atom. The predicted octanol–water partition coefficient (Wildman–Crippen LogP) is 3.76. The minimum absolute atomic E-state index is 0.0273. The molecule has 2 unspecified atom stereocenters. The molecule has 2 saturated carbocycles. The summed E-state index contributed by atoms with van der Waals surface area (Å²) in [5, 5.41) is 0. The molecule has 21 heavy (non-hydrogen) atoms. The molecule has 1 heterocycles. The molecule has 0 amide bonds. The van der Waals surface area contributed by atoms with E-state index in [0.29, 0.717) is 13.0 Å². The SMILES string of the molecule is CCOC(=O)CC1(N2CCCCC2)CCCC(C2CC2)C1. The van der Waals surface area contributed by atoms with Crippen molar-refractivity contribution in [2.45, 2.75) is 76.7 Å². The van der Waals surface area contributed by atoms with Gasteiger partial charge < -0.3 is 4.74 Å². The molecule has 0 N–H and O–H groups in total. The molecule has 0 spiro atoms. The van der Waals surface area contributed by atoms with E-state index in [1.165, 1.54) is 70.9 Å². The number of rotatable bonds is 5. The second-order valence-corrected chi connectivity index (χ2v) is 7.45. The minimum Gasteiger partial charge on any atom is -0.466 e. The Morgan fingerprint density at radius 3 is 2.52 bits per heavy atom. The van der Waals surface area contributed by atoms with Gasteiger partial charge in [0.25, 0.3) is 0 Å². The van der Waals surface area contributed by atoms with Crippen LogP contribution in [0.4, 0.5) is 0 Å². The van der Waals surface area contributed by atoms with Gasteiger partial charge >= 0.3 is 5.97 Å². The van der Waals surface area contributed by atoms with Gasteiger partial charge in [0.2, 0.25) is 0 Å². The van der Waals surface area contributed by atoms with E-state index in [4.69, 9.17) is 4.74 Å². The highest BCUT2D eigenvalue weighted by Crippen LogP contribution is 2.49. The zero-order valence-electron chi connectivity index (χ0n) is 13.6. The van der Waals surface area contributed by atoms with Gasteiger partial charge in [-0.05, 0) is 70.4 Å². The van der Waals surface area contributed by atoms with E-state index in [9.17, 15) is 4.79 Å². The molecule has 3 nitrogen and oxygen atoms in total. The number of carbonyl (C=O) groups excluding carboxylic acids is 1. The van der Waals surface area contributed by atoms with Crippen molar-refractivity contribution in [2.75, 3.05) is 19.7 Å². The largest absolute Gasteiger partial charge is 0.466 e. The third kappa shape index (κ3) is 3.61. The van der Waals surface area contributed by atoms with Gasteiger partial charge in [0.15, 0.2) is 0 Å². The molecule has 1 saturated heterocycles. The molecule has 0 aromatic rings. The van der Waals surface area contributed by atoms with Crippen LogP contribution in [0, 0.1) is 11.8 Å². The fourth-order valence-corrected chi connectivity index (χ4v) is 4.76. The van der Waals surface area contributed by atoms with Gasteiger partial charge in [-0.15, -0.1) is 0 Å². The topological polar surface area (TPSA) is 29.5 Å². The van der Waals surface area contributed by atoms with Crippen molar-refractivity contribution >= 4 is 5.97 Å². The van der Waals surface area contributed by atoms with Crippen LogP contribution in [-0.2, 0) is 9.53 Å². The van der Waals surface area contributed by atoms with Crippen LogP contribution in [0.5, 0.6) is 0 Å². The van der Waals surface area contributed by atoms with E-state index >= 15 is 0 Å². The summed E-state index contributed by atoms with van der Waals surface area (Å²) in [4.78, 5) is 14.9. The van der Waals surface area contributed by atoms with Gasteiger partial charge in [-0.1, -0.05) is 19.3 Å². The van der Waals surface area contributed by atoms with Crippen molar-refractivity contribution in [2.24, 2.45) is 11.8 Å². The van der Waals surface area contributed by atoms with Crippen molar-refractivity contribution in [1.82, 2.24) is 4.90 Å². The van der Waals surface area contributed by atoms with E-state index in [-0.39, 0.29) is 11.5 Å². The lowest BCUT2D eigenvalue weighted by molar-refractivity contribution is -0.148. The summed E-state index contributed by atoms with van der Waals surface area (Å²) in [6, 6.07) is 0. The first-order valence-electron chi connectivity index (χ1n) is 9.14. The smallest absolute Gasteiger partial charge is 0.307 e. The second-order valence-electron chi connectivity index (χ2n) is 7.45. The summed E-state index contributed by atoms with van der Waals surface area (Å²) in [5.41, 5.74) is 0.123. The Labute approximate surface area is 129 Å². The van der Waals surface area contributed by atoms with Gasteiger partial charge in [0.1, 0.15) is 0 Å². The standard InChI is InChI=1S/C18H31NO2/c1-2-21-17(20)14-18(19-11-4-3-5-12-19)10-6-7-16(13-18)15-8-9-15/h15-16H,2-14H2,1H3. The lowest BCUT2D eigenvalue weighted by Gasteiger charge is -2.50. The molecule has 2 atom stereocenters. The molecule has 120 valence electrons. The van der Waals surface area contributed by atoms with E-state index in [2.05, 4.69) is 4.90 Å². The lowest BCUT2D eigenvalue weighted by Crippen LogP contribution is -2.55. The molecular formula is C18H31NO2. The number of hydrogen-bond donors (Lipinski definition) is 0. The maximum absolute atomic E-state index is 12.2.